The van der Waals surface area contributed by atoms with Gasteiger partial charge in [0, 0.05) is 33.0 Å². The molecule has 1 unspecified atom stereocenters. The van der Waals surface area contributed by atoms with Gasteiger partial charge in [0.1, 0.15) is 11.6 Å². The molecule has 31 heavy (non-hydrogen) atoms. The van der Waals surface area contributed by atoms with Gasteiger partial charge in [-0.15, -0.1) is 0 Å². The fraction of sp³-hybridized carbons (Fsp3) is 0.913. The molecule has 0 aromatic rings. The van der Waals surface area contributed by atoms with E-state index in [1.165, 1.54) is 43.4 Å². The smallest absolute Gasteiger partial charge is 0.329 e. The number of rotatable bonds is 8. The topological polar surface area (TPSA) is 122 Å². The Hall–Kier alpha value is -1.22. The van der Waals surface area contributed by atoms with Crippen molar-refractivity contribution in [2.45, 2.75) is 96.6 Å². The van der Waals surface area contributed by atoms with E-state index in [-0.39, 0.29) is 31.6 Å². The summed E-state index contributed by atoms with van der Waals surface area (Å²) in [7, 11) is 0. The molecule has 0 aromatic carbocycles. The molecule has 0 spiro atoms. The number of amides is 1. The number of esters is 1. The normalized spacial score (nSPS) is 18.4. The van der Waals surface area contributed by atoms with Crippen LogP contribution in [0.15, 0.2) is 0 Å². The number of likely N-dealkylation sites (tertiary alicyclic amines) is 1. The zero-order valence-corrected chi connectivity index (χ0v) is 19.9. The maximum atomic E-state index is 11.8. The first-order valence-electron chi connectivity index (χ1n) is 11.8. The van der Waals surface area contributed by atoms with E-state index in [9.17, 15) is 9.59 Å². The number of carbonyl (C=O) groups excluding carboxylic acids is 2. The number of aliphatic hydroxyl groups is 2. The highest BCUT2D eigenvalue weighted by molar-refractivity contribution is 5.86. The largest absolute Gasteiger partial charge is 0.458 e. The summed E-state index contributed by atoms with van der Waals surface area (Å²) in [5.74, 6) is -0.514. The Morgan fingerprint density at radius 1 is 0.935 bits per heavy atom. The summed E-state index contributed by atoms with van der Waals surface area (Å²) < 4.78 is 10.3. The first kappa shape index (κ1) is 29.8. The van der Waals surface area contributed by atoms with E-state index in [1.807, 2.05) is 20.8 Å². The Morgan fingerprint density at radius 3 is 1.81 bits per heavy atom. The molecule has 1 saturated carbocycles. The van der Waals surface area contributed by atoms with Crippen molar-refractivity contribution in [3.05, 3.63) is 0 Å². The second-order valence-electron chi connectivity index (χ2n) is 8.87. The Labute approximate surface area is 188 Å². The average Bonchev–Trinajstić information content (AvgIpc) is 3.24. The van der Waals surface area contributed by atoms with Crippen LogP contribution >= 0.6 is 0 Å². The van der Waals surface area contributed by atoms with Gasteiger partial charge in [-0.3, -0.25) is 4.79 Å². The van der Waals surface area contributed by atoms with Crippen LogP contribution < -0.4 is 5.73 Å². The van der Waals surface area contributed by atoms with Crippen molar-refractivity contribution in [2.75, 3.05) is 39.5 Å². The Morgan fingerprint density at radius 2 is 1.42 bits per heavy atom. The average molecular weight is 447 g/mol. The minimum atomic E-state index is -0.517. The standard InChI is InChI=1S/C11H20N2O3.C6H14O3.C6H12/c1-11(2,3)16-10(15)8-5-4-6-13(8)9(14)7-12;7-3-1-5-9-6-2-4-8;1-2-4-6-5-3-1/h8H,4-7,12H2,1-3H3;7-8H,1-6H2;1-6H2. The van der Waals surface area contributed by atoms with Crippen molar-refractivity contribution < 1.29 is 29.3 Å². The van der Waals surface area contributed by atoms with E-state index in [1.54, 1.807) is 0 Å². The van der Waals surface area contributed by atoms with Crippen LogP contribution in [0.3, 0.4) is 0 Å². The zero-order chi connectivity index (χ0) is 23.5. The van der Waals surface area contributed by atoms with Gasteiger partial charge in [-0.2, -0.15) is 0 Å². The van der Waals surface area contributed by atoms with Gasteiger partial charge >= 0.3 is 5.97 Å². The Kier molecular flexibility index (Phi) is 17.6. The molecule has 2 fully saturated rings. The number of nitrogens with zero attached hydrogens (tertiary/aromatic N) is 1. The Bertz CT molecular complexity index is 446. The van der Waals surface area contributed by atoms with Gasteiger partial charge in [0.25, 0.3) is 0 Å². The minimum absolute atomic E-state index is 0.0563. The first-order valence-corrected chi connectivity index (χ1v) is 11.8. The minimum Gasteiger partial charge on any atom is -0.458 e. The van der Waals surface area contributed by atoms with Crippen molar-refractivity contribution in [3.63, 3.8) is 0 Å². The summed E-state index contributed by atoms with van der Waals surface area (Å²) in [5.41, 5.74) is 4.78. The molecule has 1 aliphatic heterocycles. The van der Waals surface area contributed by atoms with Gasteiger partial charge < -0.3 is 30.3 Å². The van der Waals surface area contributed by atoms with Crippen molar-refractivity contribution in [1.29, 1.82) is 0 Å². The van der Waals surface area contributed by atoms with Gasteiger partial charge in [0.2, 0.25) is 5.91 Å². The highest BCUT2D eigenvalue weighted by Crippen LogP contribution is 2.21. The molecule has 1 amide bonds. The molecule has 1 atom stereocenters. The molecule has 0 aromatic heterocycles. The molecule has 2 rings (SSSR count). The molecule has 8 heteroatoms. The molecule has 8 nitrogen and oxygen atoms in total. The summed E-state index contributed by atoms with van der Waals surface area (Å²) in [4.78, 5) is 24.8. The molecular formula is C23H46N2O6. The quantitative estimate of drug-likeness (QED) is 0.386. The van der Waals surface area contributed by atoms with Crippen molar-refractivity contribution in [3.8, 4) is 0 Å². The molecule has 0 bridgehead atoms. The second-order valence-corrected chi connectivity index (χ2v) is 8.87. The predicted molar refractivity (Wildman–Crippen MR) is 122 cm³/mol. The SMILES string of the molecule is C1CCCCC1.CC(C)(C)OC(=O)C1CCCN1C(=O)CN.OCCCOCCCO. The summed E-state index contributed by atoms with van der Waals surface area (Å²) in [6, 6.07) is -0.449. The van der Waals surface area contributed by atoms with Crippen molar-refractivity contribution in [2.24, 2.45) is 5.73 Å². The monoisotopic (exact) mass is 446 g/mol. The number of carbonyl (C=O) groups is 2. The number of hydrogen-bond donors (Lipinski definition) is 3. The van der Waals surface area contributed by atoms with E-state index in [0.29, 0.717) is 39.0 Å². The van der Waals surface area contributed by atoms with Gasteiger partial charge in [0.15, 0.2) is 0 Å². The fourth-order valence-electron chi connectivity index (χ4n) is 3.29. The lowest BCUT2D eigenvalue weighted by molar-refractivity contribution is -0.163. The van der Waals surface area contributed by atoms with Crippen LogP contribution in [0.25, 0.3) is 0 Å². The van der Waals surface area contributed by atoms with Crippen molar-refractivity contribution in [1.82, 2.24) is 4.90 Å². The molecular weight excluding hydrogens is 400 g/mol. The van der Waals surface area contributed by atoms with Crippen LogP contribution in [0.4, 0.5) is 0 Å². The maximum absolute atomic E-state index is 11.8. The lowest BCUT2D eigenvalue weighted by atomic mass is 10.0. The second kappa shape index (κ2) is 18.4. The van der Waals surface area contributed by atoms with E-state index in [2.05, 4.69) is 0 Å². The number of nitrogens with two attached hydrogens (primary N) is 1. The zero-order valence-electron chi connectivity index (χ0n) is 19.9. The third-order valence-corrected chi connectivity index (χ3v) is 4.82. The molecule has 4 N–H and O–H groups in total. The van der Waals surface area contributed by atoms with Crippen LogP contribution in [0.5, 0.6) is 0 Å². The van der Waals surface area contributed by atoms with Crippen LogP contribution in [-0.2, 0) is 19.1 Å². The lowest BCUT2D eigenvalue weighted by Gasteiger charge is -2.27. The third kappa shape index (κ3) is 16.1. The van der Waals surface area contributed by atoms with Crippen LogP contribution in [0, 0.1) is 0 Å². The number of ether oxygens (including phenoxy) is 2. The highest BCUT2D eigenvalue weighted by atomic mass is 16.6. The van der Waals surface area contributed by atoms with E-state index in [4.69, 9.17) is 25.4 Å². The summed E-state index contributed by atoms with van der Waals surface area (Å²) >= 11 is 0. The molecule has 184 valence electrons. The molecule has 1 aliphatic carbocycles. The number of hydrogen-bond acceptors (Lipinski definition) is 7. The molecule has 1 saturated heterocycles. The first-order chi connectivity index (χ1) is 14.8. The highest BCUT2D eigenvalue weighted by Gasteiger charge is 2.36. The molecule has 1 heterocycles. The van der Waals surface area contributed by atoms with Gasteiger partial charge in [0.05, 0.1) is 6.54 Å². The van der Waals surface area contributed by atoms with Crippen LogP contribution in [0.1, 0.15) is 85.0 Å². The molecule has 2 aliphatic rings. The van der Waals surface area contributed by atoms with Crippen molar-refractivity contribution >= 4 is 11.9 Å². The summed E-state index contributed by atoms with van der Waals surface area (Å²) in [5, 5.41) is 16.6. The van der Waals surface area contributed by atoms with E-state index < -0.39 is 11.6 Å². The van der Waals surface area contributed by atoms with Gasteiger partial charge in [-0.25, -0.2) is 4.79 Å². The van der Waals surface area contributed by atoms with Gasteiger partial charge in [-0.1, -0.05) is 38.5 Å². The number of aliphatic hydroxyl groups excluding tert-OH is 2. The third-order valence-electron chi connectivity index (χ3n) is 4.82. The van der Waals surface area contributed by atoms with Crippen LogP contribution in [0.2, 0.25) is 0 Å². The van der Waals surface area contributed by atoms with Gasteiger partial charge in [-0.05, 0) is 46.5 Å². The molecule has 0 radical (unpaired) electrons. The maximum Gasteiger partial charge on any atom is 0.329 e. The van der Waals surface area contributed by atoms with E-state index >= 15 is 0 Å². The fourth-order valence-corrected chi connectivity index (χ4v) is 3.29. The summed E-state index contributed by atoms with van der Waals surface area (Å²) in [6.07, 6.45) is 11.9. The van der Waals surface area contributed by atoms with Crippen LogP contribution in [-0.4, -0.2) is 78.1 Å². The predicted octanol–water partition coefficient (Wildman–Crippen LogP) is 2.39. The summed E-state index contributed by atoms with van der Waals surface area (Å²) in [6.45, 7) is 7.53. The van der Waals surface area contributed by atoms with E-state index in [0.717, 1.165) is 6.42 Å². The lowest BCUT2D eigenvalue weighted by Crippen LogP contribution is -2.45. The Balaban J connectivity index is 0.000000501.